The highest BCUT2D eigenvalue weighted by Crippen LogP contribution is 2.27. The molecular weight excluding hydrogens is 308 g/mol. The van der Waals surface area contributed by atoms with Crippen molar-refractivity contribution in [1.82, 2.24) is 9.80 Å². The molecular formula is C14H21BrN2S. The van der Waals surface area contributed by atoms with Gasteiger partial charge >= 0.3 is 0 Å². The van der Waals surface area contributed by atoms with Crippen LogP contribution in [0.5, 0.6) is 0 Å². The summed E-state index contributed by atoms with van der Waals surface area (Å²) in [6.07, 6.45) is 5.62. The van der Waals surface area contributed by atoms with Crippen LogP contribution >= 0.6 is 27.3 Å². The van der Waals surface area contributed by atoms with Crippen LogP contribution < -0.4 is 0 Å². The fourth-order valence-electron chi connectivity index (χ4n) is 3.18. The number of nitrogens with zero attached hydrogens (tertiary/aromatic N) is 2. The molecule has 0 radical (unpaired) electrons. The molecule has 1 aromatic heterocycles. The summed E-state index contributed by atoms with van der Waals surface area (Å²) in [5.41, 5.74) is 0. The minimum atomic E-state index is 0.823. The van der Waals surface area contributed by atoms with E-state index in [9.17, 15) is 0 Å². The number of piperidine rings is 1. The Morgan fingerprint density at radius 1 is 1.22 bits per heavy atom. The molecule has 0 aromatic carbocycles. The Hall–Kier alpha value is 0.1000. The van der Waals surface area contributed by atoms with Crippen LogP contribution in [0, 0.1) is 0 Å². The summed E-state index contributed by atoms with van der Waals surface area (Å²) >= 11 is 5.51. The Kier molecular flexibility index (Phi) is 4.39. The van der Waals surface area contributed by atoms with Gasteiger partial charge in [-0.05, 0) is 59.7 Å². The average molecular weight is 329 g/mol. The molecule has 0 amide bonds. The second-order valence-electron chi connectivity index (χ2n) is 5.47. The Morgan fingerprint density at radius 2 is 2.06 bits per heavy atom. The standard InChI is InChI=1S/C14H21BrN2S/c15-13-5-9-18-14(13)11-16-8-4-12(10-16)17-6-2-1-3-7-17/h5,9,12H,1-4,6-8,10-11H2. The second kappa shape index (κ2) is 6.04. The summed E-state index contributed by atoms with van der Waals surface area (Å²) in [5.74, 6) is 0. The number of thiophene rings is 1. The highest BCUT2D eigenvalue weighted by Gasteiger charge is 2.28. The lowest BCUT2D eigenvalue weighted by atomic mass is 10.1. The lowest BCUT2D eigenvalue weighted by Gasteiger charge is -2.32. The third-order valence-corrected chi connectivity index (χ3v) is 6.12. The SMILES string of the molecule is Brc1ccsc1CN1CCC(N2CCCCC2)C1. The van der Waals surface area contributed by atoms with Gasteiger partial charge < -0.3 is 0 Å². The molecule has 1 aromatic rings. The van der Waals surface area contributed by atoms with Gasteiger partial charge in [-0.1, -0.05) is 6.42 Å². The second-order valence-corrected chi connectivity index (χ2v) is 7.32. The molecule has 2 aliphatic heterocycles. The first-order valence-electron chi connectivity index (χ1n) is 7.01. The van der Waals surface area contributed by atoms with Crippen LogP contribution in [0.1, 0.15) is 30.6 Å². The summed E-state index contributed by atoms with van der Waals surface area (Å²) in [7, 11) is 0. The van der Waals surface area contributed by atoms with E-state index in [-0.39, 0.29) is 0 Å². The van der Waals surface area contributed by atoms with Crippen LogP contribution in [0.3, 0.4) is 0 Å². The van der Waals surface area contributed by atoms with E-state index < -0.39 is 0 Å². The van der Waals surface area contributed by atoms with Crippen LogP contribution in [-0.2, 0) is 6.54 Å². The molecule has 2 saturated heterocycles. The van der Waals surface area contributed by atoms with Crippen LogP contribution in [0.15, 0.2) is 15.9 Å². The molecule has 3 heterocycles. The van der Waals surface area contributed by atoms with E-state index in [0.717, 1.165) is 12.6 Å². The van der Waals surface area contributed by atoms with Gasteiger partial charge in [-0.25, -0.2) is 0 Å². The molecule has 4 heteroatoms. The smallest absolute Gasteiger partial charge is 0.0339 e. The van der Waals surface area contributed by atoms with Gasteiger partial charge in [0.2, 0.25) is 0 Å². The topological polar surface area (TPSA) is 6.48 Å². The lowest BCUT2D eigenvalue weighted by molar-refractivity contribution is 0.161. The van der Waals surface area contributed by atoms with E-state index in [1.54, 1.807) is 0 Å². The van der Waals surface area contributed by atoms with Crippen molar-refractivity contribution in [1.29, 1.82) is 0 Å². The molecule has 0 N–H and O–H groups in total. The maximum absolute atomic E-state index is 3.64. The van der Waals surface area contributed by atoms with E-state index in [2.05, 4.69) is 37.2 Å². The van der Waals surface area contributed by atoms with Crippen molar-refractivity contribution in [2.24, 2.45) is 0 Å². The predicted octanol–water partition coefficient (Wildman–Crippen LogP) is 3.57. The monoisotopic (exact) mass is 328 g/mol. The van der Waals surface area contributed by atoms with Gasteiger partial charge in [-0.2, -0.15) is 0 Å². The molecule has 0 aliphatic carbocycles. The summed E-state index contributed by atoms with van der Waals surface area (Å²) in [6, 6.07) is 2.99. The molecule has 1 atom stereocenters. The number of halogens is 1. The van der Waals surface area contributed by atoms with Crippen molar-refractivity contribution in [3.8, 4) is 0 Å². The lowest BCUT2D eigenvalue weighted by Crippen LogP contribution is -2.40. The van der Waals surface area contributed by atoms with E-state index in [1.165, 1.54) is 61.2 Å². The first-order valence-corrected chi connectivity index (χ1v) is 8.68. The van der Waals surface area contributed by atoms with Gasteiger partial charge in [0.25, 0.3) is 0 Å². The van der Waals surface area contributed by atoms with Crippen molar-refractivity contribution in [3.63, 3.8) is 0 Å². The van der Waals surface area contributed by atoms with E-state index in [4.69, 9.17) is 0 Å². The zero-order chi connectivity index (χ0) is 12.4. The first-order chi connectivity index (χ1) is 8.83. The molecule has 100 valence electrons. The van der Waals surface area contributed by atoms with Crippen molar-refractivity contribution in [2.45, 2.75) is 38.3 Å². The van der Waals surface area contributed by atoms with Crippen LogP contribution in [-0.4, -0.2) is 42.0 Å². The van der Waals surface area contributed by atoms with Crippen molar-refractivity contribution < 1.29 is 0 Å². The summed E-state index contributed by atoms with van der Waals surface area (Å²) in [4.78, 5) is 6.83. The average Bonchev–Trinajstić information content (AvgIpc) is 3.02. The molecule has 0 bridgehead atoms. The van der Waals surface area contributed by atoms with Crippen molar-refractivity contribution in [3.05, 3.63) is 20.8 Å². The predicted molar refractivity (Wildman–Crippen MR) is 81.1 cm³/mol. The Balaban J connectivity index is 1.53. The molecule has 18 heavy (non-hydrogen) atoms. The molecule has 0 saturated carbocycles. The number of likely N-dealkylation sites (tertiary alicyclic amines) is 2. The van der Waals surface area contributed by atoms with Crippen LogP contribution in [0.25, 0.3) is 0 Å². The number of rotatable bonds is 3. The zero-order valence-electron chi connectivity index (χ0n) is 10.8. The van der Waals surface area contributed by atoms with Crippen LogP contribution in [0.2, 0.25) is 0 Å². The van der Waals surface area contributed by atoms with Gasteiger partial charge in [0.05, 0.1) is 0 Å². The van der Waals surface area contributed by atoms with Crippen molar-refractivity contribution >= 4 is 27.3 Å². The van der Waals surface area contributed by atoms with E-state index in [0.29, 0.717) is 0 Å². The normalized spacial score (nSPS) is 26.8. The largest absolute Gasteiger partial charge is 0.299 e. The zero-order valence-corrected chi connectivity index (χ0v) is 13.2. The minimum Gasteiger partial charge on any atom is -0.299 e. The van der Waals surface area contributed by atoms with Gasteiger partial charge in [0.15, 0.2) is 0 Å². The van der Waals surface area contributed by atoms with Gasteiger partial charge in [0.1, 0.15) is 0 Å². The molecule has 2 fully saturated rings. The maximum atomic E-state index is 3.64. The number of hydrogen-bond acceptors (Lipinski definition) is 3. The summed E-state index contributed by atoms with van der Waals surface area (Å²) in [6.45, 7) is 6.33. The fraction of sp³-hybridized carbons (Fsp3) is 0.714. The van der Waals surface area contributed by atoms with Gasteiger partial charge in [-0.15, -0.1) is 11.3 Å². The molecule has 1 unspecified atom stereocenters. The molecule has 2 nitrogen and oxygen atoms in total. The molecule has 3 rings (SSSR count). The maximum Gasteiger partial charge on any atom is 0.0339 e. The Morgan fingerprint density at radius 3 is 2.78 bits per heavy atom. The van der Waals surface area contributed by atoms with E-state index in [1.807, 2.05) is 11.3 Å². The molecule has 0 spiro atoms. The van der Waals surface area contributed by atoms with Gasteiger partial charge in [0, 0.05) is 35.0 Å². The third-order valence-electron chi connectivity index (χ3n) is 4.21. The van der Waals surface area contributed by atoms with Crippen LogP contribution in [0.4, 0.5) is 0 Å². The Labute approximate surface area is 122 Å². The minimum absolute atomic E-state index is 0.823. The molecule has 2 aliphatic rings. The highest BCUT2D eigenvalue weighted by molar-refractivity contribution is 9.10. The number of hydrogen-bond donors (Lipinski definition) is 0. The highest BCUT2D eigenvalue weighted by atomic mass is 79.9. The van der Waals surface area contributed by atoms with Crippen molar-refractivity contribution in [2.75, 3.05) is 26.2 Å². The quantitative estimate of drug-likeness (QED) is 0.836. The Bertz CT molecular complexity index is 387. The first kappa shape index (κ1) is 13.1. The fourth-order valence-corrected chi connectivity index (χ4v) is 4.70. The van der Waals surface area contributed by atoms with Gasteiger partial charge in [-0.3, -0.25) is 9.80 Å². The third kappa shape index (κ3) is 2.98. The summed E-state index contributed by atoms with van der Waals surface area (Å²) in [5, 5.41) is 2.18. The summed E-state index contributed by atoms with van der Waals surface area (Å²) < 4.78 is 1.29. The van der Waals surface area contributed by atoms with E-state index >= 15 is 0 Å².